The summed E-state index contributed by atoms with van der Waals surface area (Å²) in [6.45, 7) is 1.87. The van der Waals surface area contributed by atoms with E-state index >= 15 is 0 Å². The number of hydrogen-bond donors (Lipinski definition) is 6. The lowest BCUT2D eigenvalue weighted by atomic mass is 10.1. The number of halogens is 4. The van der Waals surface area contributed by atoms with Crippen molar-refractivity contribution in [1.29, 1.82) is 0 Å². The number of nitrogens with zero attached hydrogens (tertiary/aromatic N) is 7. The first-order valence-electron chi connectivity index (χ1n) is 38.4. The molecule has 6 N–H and O–H groups in total. The summed E-state index contributed by atoms with van der Waals surface area (Å²) in [4.78, 5) is 180. The number of fused-ring (bicyclic) bond motifs is 6. The average molecular weight is 1850 g/mol. The van der Waals surface area contributed by atoms with E-state index in [-0.39, 0.29) is 91.6 Å². The van der Waals surface area contributed by atoms with Crippen molar-refractivity contribution in [3.05, 3.63) is 377 Å². The van der Waals surface area contributed by atoms with E-state index in [4.69, 9.17) is 39.5 Å². The smallest absolute Gasteiger partial charge is 0.356 e. The first kappa shape index (κ1) is 90.6. The zero-order valence-corrected chi connectivity index (χ0v) is 72.7. The summed E-state index contributed by atoms with van der Waals surface area (Å²) in [6.07, 6.45) is 11.4. The minimum Gasteiger partial charge on any atom is -0.497 e. The fraction of sp³-hybridized carbons (Fsp3) is 0.0737. The average Bonchev–Trinajstić information content (AvgIpc) is 1.67. The number of benzene rings is 5. The first-order valence-corrected chi connectivity index (χ1v) is 40.4. The number of pyridine rings is 7. The van der Waals surface area contributed by atoms with Crippen LogP contribution in [0, 0.1) is 6.92 Å². The highest BCUT2D eigenvalue weighted by molar-refractivity contribution is 9.10. The van der Waals surface area contributed by atoms with Crippen molar-refractivity contribution in [3.8, 4) is 5.75 Å². The molecule has 18 aromatic rings. The number of carbonyl (C=O) groups excluding carboxylic acids is 11. The Kier molecular flexibility index (Phi) is 28.9. The van der Waals surface area contributed by atoms with Gasteiger partial charge in [0.1, 0.15) is 74.0 Å². The molecule has 0 atom stereocenters. The van der Waals surface area contributed by atoms with Crippen LogP contribution in [0.5, 0.6) is 5.75 Å². The molecule has 18 rings (SSSR count). The quantitative estimate of drug-likeness (QED) is 0.0264. The van der Waals surface area contributed by atoms with E-state index in [0.29, 0.717) is 87.2 Å². The third kappa shape index (κ3) is 20.6. The van der Waals surface area contributed by atoms with Crippen LogP contribution in [0.3, 0.4) is 0 Å². The Morgan fingerprint density at radius 2 is 0.667 bits per heavy atom. The summed E-state index contributed by atoms with van der Waals surface area (Å²) in [7, 11) is 7.90. The summed E-state index contributed by atoms with van der Waals surface area (Å²) in [5, 5.41) is 6.11. The summed E-state index contributed by atoms with van der Waals surface area (Å²) in [5.74, 6) is -3.76. The number of ether oxygens (including phenoxy) is 6. The van der Waals surface area contributed by atoms with Crippen LogP contribution in [-0.2, 0) is 23.7 Å². The number of methoxy groups -OCH3 is 6. The molecule has 30 nitrogen and oxygen atoms in total. The molecule has 644 valence electrons. The molecule has 13 aromatic heterocycles. The number of carbonyl (C=O) groups is 11. The van der Waals surface area contributed by atoms with Crippen molar-refractivity contribution in [3.63, 3.8) is 0 Å². The minimum atomic E-state index is -0.591. The molecule has 0 radical (unpaired) electrons. The second kappa shape index (κ2) is 41.1. The predicted octanol–water partition coefficient (Wildman–Crippen LogP) is 18.1. The van der Waals surface area contributed by atoms with Crippen LogP contribution in [0.15, 0.2) is 260 Å². The van der Waals surface area contributed by atoms with Gasteiger partial charge in [-0.25, -0.2) is 58.9 Å². The SMILES string of the molecule is COC(=O)c1cccc(C(=O)c2c[nH]c3c(Cl)cccc23)n1.COC(=O)c1cccc(C(=O)c2c[nH]c3ccc(Br)cc23)n1.COC(=O)c1cccc(C(=O)c2c[nH]c3ccc(OC)cc23)n1.COC(=O)c1cccc(C(=O)c2c[nH]c3cccc(Cl)c23)n1.COC(=O)c1cccc(C(=O)c2c[nH]c3ncccc23)n1.Cc1cccc(C(=O)c2c[nH]c3cc(Cl)ccc23)n1. The minimum absolute atomic E-state index is 0.0827. The maximum Gasteiger partial charge on any atom is 0.356 e. The van der Waals surface area contributed by atoms with Gasteiger partial charge in [-0.1, -0.05) is 111 Å². The van der Waals surface area contributed by atoms with Crippen LogP contribution < -0.4 is 4.74 Å². The molecule has 0 bridgehead atoms. The molecular formula is C95H69BrCl3N13O17. The lowest BCUT2D eigenvalue weighted by Gasteiger charge is -2.03. The van der Waals surface area contributed by atoms with Gasteiger partial charge in [-0.05, 0) is 159 Å². The molecule has 0 aliphatic heterocycles. The number of aryl methyl sites for hydroxylation is 1. The molecule has 0 saturated carbocycles. The molecule has 0 amide bonds. The molecule has 5 aromatic carbocycles. The Balaban J connectivity index is 0.000000132. The Bertz CT molecular complexity index is 7350. The Morgan fingerprint density at radius 1 is 0.302 bits per heavy atom. The second-order valence-electron chi connectivity index (χ2n) is 27.4. The van der Waals surface area contributed by atoms with Gasteiger partial charge in [-0.2, -0.15) is 0 Å². The Labute approximate surface area is 754 Å². The van der Waals surface area contributed by atoms with Crippen molar-refractivity contribution >= 4 is 181 Å². The third-order valence-electron chi connectivity index (χ3n) is 19.4. The van der Waals surface area contributed by atoms with Crippen molar-refractivity contribution in [1.82, 2.24) is 64.8 Å². The summed E-state index contributed by atoms with van der Waals surface area (Å²) >= 11 is 21.6. The molecule has 0 spiro atoms. The highest BCUT2D eigenvalue weighted by Crippen LogP contribution is 2.32. The standard InChI is InChI=1S/C17H14N2O4.C16H11BrN2O3.2C16H11ClN2O3.C15H11ClN2O.C15H11N3O3/c1-22-10-6-7-13-11(8-10)12(9-18-13)16(20)14-4-3-5-15(19-14)17(21)23-2;1-22-16(21)14-4-2-3-13(19-14)15(20)11-8-18-12-6-5-9(17)7-10(11)12;1-22-16(21)13-7-3-6-12(19-13)15(20)9-8-18-11-5-2-4-10(17)14(9)11;1-22-16(21)13-7-3-6-12(19-13)15(20)10-8-18-14-9(10)4-2-5-11(14)17;1-9-3-2-4-13(18-9)15(19)12-8-17-14-7-10(16)5-6-11(12)14;1-21-15(20)12-6-2-5-11(18-12)13(19)10-8-17-14-9(10)4-3-7-16-14/h3-9,18H,1-2H3;3*2-8,18H,1H3;2-8,17H,1H3;2-8H,1H3,(H,16,17). The fourth-order valence-corrected chi connectivity index (χ4v) is 14.2. The molecule has 0 saturated heterocycles. The third-order valence-corrected chi connectivity index (χ3v) is 20.8. The first-order chi connectivity index (χ1) is 62.3. The number of aromatic nitrogens is 13. The van der Waals surface area contributed by atoms with Crippen LogP contribution in [0.4, 0.5) is 0 Å². The largest absolute Gasteiger partial charge is 0.497 e. The summed E-state index contributed by atoms with van der Waals surface area (Å²) in [6, 6.07) is 59.4. The zero-order valence-electron chi connectivity index (χ0n) is 68.8. The monoisotopic (exact) mass is 1850 g/mol. The van der Waals surface area contributed by atoms with Gasteiger partial charge in [0.2, 0.25) is 34.7 Å². The van der Waals surface area contributed by atoms with Gasteiger partial charge >= 0.3 is 29.8 Å². The van der Waals surface area contributed by atoms with Crippen LogP contribution in [-0.4, -0.2) is 172 Å². The Hall–Kier alpha value is -16.1. The van der Waals surface area contributed by atoms with E-state index in [0.717, 1.165) is 48.4 Å². The number of rotatable bonds is 18. The summed E-state index contributed by atoms with van der Waals surface area (Å²) < 4.78 is 29.1. The molecule has 129 heavy (non-hydrogen) atoms. The van der Waals surface area contributed by atoms with E-state index in [2.05, 4.69) is 104 Å². The van der Waals surface area contributed by atoms with E-state index < -0.39 is 29.8 Å². The normalized spacial score (nSPS) is 10.6. The van der Waals surface area contributed by atoms with Crippen molar-refractivity contribution in [2.24, 2.45) is 0 Å². The maximum atomic E-state index is 12.7. The summed E-state index contributed by atoms with van der Waals surface area (Å²) in [5.41, 5.74) is 10.2. The second-order valence-corrected chi connectivity index (χ2v) is 29.5. The topological polar surface area (TPSA) is 428 Å². The number of hydrogen-bond acceptors (Lipinski definition) is 24. The number of H-pyrrole nitrogens is 6. The lowest BCUT2D eigenvalue weighted by molar-refractivity contribution is 0.0585. The Morgan fingerprint density at radius 3 is 1.15 bits per heavy atom. The van der Waals surface area contributed by atoms with Crippen molar-refractivity contribution in [2.45, 2.75) is 6.92 Å². The van der Waals surface area contributed by atoms with Gasteiger partial charge in [-0.15, -0.1) is 0 Å². The molecular weight excluding hydrogens is 1780 g/mol. The van der Waals surface area contributed by atoms with Crippen LogP contribution in [0.1, 0.15) is 154 Å². The van der Waals surface area contributed by atoms with E-state index in [1.165, 1.54) is 65.9 Å². The van der Waals surface area contributed by atoms with Crippen LogP contribution >= 0.6 is 50.7 Å². The molecule has 34 heteroatoms. The van der Waals surface area contributed by atoms with Gasteiger partial charge < -0.3 is 58.3 Å². The number of esters is 5. The predicted molar refractivity (Wildman–Crippen MR) is 484 cm³/mol. The van der Waals surface area contributed by atoms with Crippen LogP contribution in [0.2, 0.25) is 15.1 Å². The van der Waals surface area contributed by atoms with Gasteiger partial charge in [0.05, 0.1) is 69.3 Å². The van der Waals surface area contributed by atoms with E-state index in [9.17, 15) is 52.7 Å². The highest BCUT2D eigenvalue weighted by Gasteiger charge is 2.26. The number of nitrogens with one attached hydrogen (secondary N) is 6. The molecule has 0 aliphatic rings. The van der Waals surface area contributed by atoms with Gasteiger partial charge in [0.25, 0.3) is 0 Å². The van der Waals surface area contributed by atoms with E-state index in [1.54, 1.807) is 178 Å². The number of ketones is 6. The lowest BCUT2D eigenvalue weighted by Crippen LogP contribution is -2.09. The molecule has 0 fully saturated rings. The maximum absolute atomic E-state index is 12.7. The van der Waals surface area contributed by atoms with Gasteiger partial charge in [0.15, 0.2) is 0 Å². The molecule has 13 heterocycles. The van der Waals surface area contributed by atoms with Crippen LogP contribution in [0.25, 0.3) is 65.5 Å². The number of aromatic amines is 6. The molecule has 0 aliphatic carbocycles. The van der Waals surface area contributed by atoms with Crippen molar-refractivity contribution in [2.75, 3.05) is 42.7 Å². The fourth-order valence-electron chi connectivity index (χ4n) is 13.1. The zero-order chi connectivity index (χ0) is 91.7. The van der Waals surface area contributed by atoms with Gasteiger partial charge in [-0.3, -0.25) is 28.8 Å². The highest BCUT2D eigenvalue weighted by atomic mass is 79.9. The molecule has 0 unspecified atom stereocenters. The number of para-hydroxylation sites is 1. The van der Waals surface area contributed by atoms with Crippen molar-refractivity contribution < 1.29 is 81.2 Å². The van der Waals surface area contributed by atoms with E-state index in [1.807, 2.05) is 61.5 Å². The van der Waals surface area contributed by atoms with Gasteiger partial charge in [0, 0.05) is 135 Å².